The zero-order chi connectivity index (χ0) is 17.7. The number of hydrogen-bond acceptors (Lipinski definition) is 7. The molecular formula is C18H19N5O2S. The van der Waals surface area contributed by atoms with E-state index in [1.54, 1.807) is 6.33 Å². The smallest absolute Gasteiger partial charge is 0.166 e. The Morgan fingerprint density at radius 3 is 2.88 bits per heavy atom. The normalized spacial score (nSPS) is 27.8. The summed E-state index contributed by atoms with van der Waals surface area (Å²) in [7, 11) is 0. The highest BCUT2D eigenvalue weighted by Crippen LogP contribution is 2.39. The maximum atomic E-state index is 10.2. The number of imidazole rings is 1. The van der Waals surface area contributed by atoms with Crippen molar-refractivity contribution in [3.05, 3.63) is 48.0 Å². The van der Waals surface area contributed by atoms with Crippen LogP contribution in [0.5, 0.6) is 0 Å². The number of aliphatic hydroxyl groups is 2. The second-order valence-electron chi connectivity index (χ2n) is 6.76. The van der Waals surface area contributed by atoms with Crippen LogP contribution in [-0.4, -0.2) is 47.7 Å². The summed E-state index contributed by atoms with van der Waals surface area (Å²) in [5.41, 5.74) is 4.04. The maximum absolute atomic E-state index is 10.2. The first-order valence-corrected chi connectivity index (χ1v) is 9.77. The van der Waals surface area contributed by atoms with Crippen molar-refractivity contribution in [1.82, 2.24) is 19.5 Å². The summed E-state index contributed by atoms with van der Waals surface area (Å²) >= 11 is 1.50. The molecule has 4 atom stereocenters. The molecule has 1 saturated heterocycles. The maximum Gasteiger partial charge on any atom is 0.166 e. The molecule has 0 radical (unpaired) electrons. The Balaban J connectivity index is 1.49. The van der Waals surface area contributed by atoms with Gasteiger partial charge >= 0.3 is 0 Å². The number of hydrogen-bond donors (Lipinski definition) is 3. The number of benzene rings is 1. The summed E-state index contributed by atoms with van der Waals surface area (Å²) in [5, 5.41) is 23.3. The summed E-state index contributed by atoms with van der Waals surface area (Å²) in [6.45, 7) is 0. The Morgan fingerprint density at radius 2 is 2.04 bits per heavy atom. The third-order valence-corrected chi connectivity index (χ3v) is 6.58. The summed E-state index contributed by atoms with van der Waals surface area (Å²) in [6, 6.07) is 8.68. The number of nitrogens with one attached hydrogen (secondary N) is 1. The number of rotatable bonds is 3. The van der Waals surface area contributed by atoms with Crippen molar-refractivity contribution in [2.45, 2.75) is 36.5 Å². The molecular weight excluding hydrogens is 350 g/mol. The van der Waals surface area contributed by atoms with E-state index in [1.807, 2.05) is 4.57 Å². The lowest BCUT2D eigenvalue weighted by atomic mass is 10.1. The molecule has 3 heterocycles. The van der Waals surface area contributed by atoms with Gasteiger partial charge in [-0.1, -0.05) is 24.3 Å². The van der Waals surface area contributed by atoms with Crippen molar-refractivity contribution < 1.29 is 10.2 Å². The van der Waals surface area contributed by atoms with Crippen LogP contribution in [0.15, 0.2) is 36.9 Å². The fourth-order valence-corrected chi connectivity index (χ4v) is 5.13. The molecule has 1 aromatic carbocycles. The molecule has 7 nitrogen and oxygen atoms in total. The van der Waals surface area contributed by atoms with Crippen LogP contribution in [0.2, 0.25) is 0 Å². The van der Waals surface area contributed by atoms with Gasteiger partial charge in [0.25, 0.3) is 0 Å². The third-order valence-electron chi connectivity index (χ3n) is 5.20. The minimum absolute atomic E-state index is 0.211. The lowest BCUT2D eigenvalue weighted by molar-refractivity contribution is 0.0313. The number of nitrogens with zero attached hydrogens (tertiary/aromatic N) is 4. The van der Waals surface area contributed by atoms with Crippen LogP contribution in [-0.2, 0) is 6.42 Å². The number of aryl methyl sites for hydroxylation is 1. The molecule has 0 saturated carbocycles. The molecule has 1 fully saturated rings. The minimum atomic E-state index is -0.828. The SMILES string of the molecule is O[C@@H]1[C@H](O)CS[C@H]1n1cnc2c(N[C@@H]3CCc4ccccc43)ncnc21. The van der Waals surface area contributed by atoms with Crippen LogP contribution in [0.3, 0.4) is 0 Å². The molecule has 0 spiro atoms. The molecule has 2 aromatic heterocycles. The van der Waals surface area contributed by atoms with Gasteiger partial charge in [0.1, 0.15) is 23.3 Å². The summed E-state index contributed by atoms with van der Waals surface area (Å²) in [6.07, 6.45) is 3.72. The first-order chi connectivity index (χ1) is 12.7. The fourth-order valence-electron chi connectivity index (χ4n) is 3.85. The number of thioether (sulfide) groups is 1. The van der Waals surface area contributed by atoms with E-state index < -0.39 is 12.2 Å². The van der Waals surface area contributed by atoms with Crippen LogP contribution in [0.25, 0.3) is 11.2 Å². The molecule has 1 aliphatic carbocycles. The van der Waals surface area contributed by atoms with Crippen LogP contribution in [0.4, 0.5) is 5.82 Å². The minimum Gasteiger partial charge on any atom is -0.389 e. The van der Waals surface area contributed by atoms with Crippen LogP contribution < -0.4 is 5.32 Å². The summed E-state index contributed by atoms with van der Waals surface area (Å²) in [4.78, 5) is 13.3. The van der Waals surface area contributed by atoms with Gasteiger partial charge in [-0.05, 0) is 24.0 Å². The van der Waals surface area contributed by atoms with Crippen molar-refractivity contribution in [3.63, 3.8) is 0 Å². The standard InChI is InChI=1S/C18H19N5O2S/c24-13-7-26-18(15(13)25)23-9-21-14-16(19-8-20-17(14)23)22-12-6-5-10-3-1-2-4-11(10)12/h1-4,8-9,12-13,15,18,24-25H,5-7H2,(H,19,20,22)/t12-,13-,15-,18-/m1/s1. The third kappa shape index (κ3) is 2.48. The Kier molecular flexibility index (Phi) is 3.84. The quantitative estimate of drug-likeness (QED) is 0.649. The molecule has 3 N–H and O–H groups in total. The highest BCUT2D eigenvalue weighted by molar-refractivity contribution is 7.99. The van der Waals surface area contributed by atoms with Gasteiger partial charge in [-0.3, -0.25) is 4.57 Å². The van der Waals surface area contributed by atoms with Crippen LogP contribution in [0.1, 0.15) is 29.0 Å². The molecule has 0 unspecified atom stereocenters. The van der Waals surface area contributed by atoms with E-state index in [0.29, 0.717) is 22.7 Å². The molecule has 134 valence electrons. The second kappa shape index (κ2) is 6.22. The van der Waals surface area contributed by atoms with Gasteiger partial charge in [0, 0.05) is 5.75 Å². The summed E-state index contributed by atoms with van der Waals surface area (Å²) in [5.74, 6) is 1.20. The van der Waals surface area contributed by atoms with Gasteiger partial charge in [0.2, 0.25) is 0 Å². The molecule has 26 heavy (non-hydrogen) atoms. The van der Waals surface area contributed by atoms with Crippen LogP contribution in [0, 0.1) is 0 Å². The molecule has 0 amide bonds. The molecule has 2 aliphatic rings. The monoisotopic (exact) mass is 369 g/mol. The molecule has 8 heteroatoms. The highest BCUT2D eigenvalue weighted by atomic mass is 32.2. The van der Waals surface area contributed by atoms with Gasteiger partial charge < -0.3 is 15.5 Å². The highest BCUT2D eigenvalue weighted by Gasteiger charge is 2.36. The van der Waals surface area contributed by atoms with Crippen molar-refractivity contribution in [1.29, 1.82) is 0 Å². The van der Waals surface area contributed by atoms with E-state index in [-0.39, 0.29) is 11.4 Å². The Bertz CT molecular complexity index is 962. The van der Waals surface area contributed by atoms with E-state index in [4.69, 9.17) is 0 Å². The largest absolute Gasteiger partial charge is 0.389 e. The average Bonchev–Trinajstić information content (AvgIpc) is 3.35. The van der Waals surface area contributed by atoms with Crippen molar-refractivity contribution in [3.8, 4) is 0 Å². The van der Waals surface area contributed by atoms with E-state index in [9.17, 15) is 10.2 Å². The van der Waals surface area contributed by atoms with E-state index in [2.05, 4.69) is 44.5 Å². The Labute approximate surface area is 154 Å². The molecule has 3 aromatic rings. The van der Waals surface area contributed by atoms with Crippen LogP contribution >= 0.6 is 11.8 Å². The predicted molar refractivity (Wildman–Crippen MR) is 100.0 cm³/mol. The van der Waals surface area contributed by atoms with Crippen molar-refractivity contribution >= 4 is 28.7 Å². The van der Waals surface area contributed by atoms with E-state index >= 15 is 0 Å². The lowest BCUT2D eigenvalue weighted by Gasteiger charge is -2.17. The Hall–Kier alpha value is -2.16. The number of aliphatic hydroxyl groups excluding tert-OH is 2. The van der Waals surface area contributed by atoms with Gasteiger partial charge in [0.05, 0.1) is 18.5 Å². The van der Waals surface area contributed by atoms with Gasteiger partial charge in [0.15, 0.2) is 11.5 Å². The first kappa shape index (κ1) is 16.0. The Morgan fingerprint density at radius 1 is 1.15 bits per heavy atom. The zero-order valence-electron chi connectivity index (χ0n) is 14.0. The molecule has 0 bridgehead atoms. The average molecular weight is 369 g/mol. The topological polar surface area (TPSA) is 96.1 Å². The lowest BCUT2D eigenvalue weighted by Crippen LogP contribution is -2.27. The van der Waals surface area contributed by atoms with Crippen molar-refractivity contribution in [2.24, 2.45) is 0 Å². The predicted octanol–water partition coefficient (Wildman–Crippen LogP) is 1.89. The van der Waals surface area contributed by atoms with Gasteiger partial charge in [-0.2, -0.15) is 0 Å². The number of aromatic nitrogens is 4. The fraction of sp³-hybridized carbons (Fsp3) is 0.389. The van der Waals surface area contributed by atoms with E-state index in [1.165, 1.54) is 29.2 Å². The first-order valence-electron chi connectivity index (χ1n) is 8.72. The second-order valence-corrected chi connectivity index (χ2v) is 7.91. The molecule has 5 rings (SSSR count). The zero-order valence-corrected chi connectivity index (χ0v) is 14.8. The summed E-state index contributed by atoms with van der Waals surface area (Å²) < 4.78 is 1.83. The van der Waals surface area contributed by atoms with E-state index in [0.717, 1.165) is 12.8 Å². The number of anilines is 1. The van der Waals surface area contributed by atoms with Gasteiger partial charge in [-0.15, -0.1) is 11.8 Å². The van der Waals surface area contributed by atoms with Crippen molar-refractivity contribution in [2.75, 3.05) is 11.1 Å². The number of fused-ring (bicyclic) bond motifs is 2. The molecule has 1 aliphatic heterocycles. The van der Waals surface area contributed by atoms with Gasteiger partial charge in [-0.25, -0.2) is 15.0 Å².